The number of hydrogen-bond donors (Lipinski definition) is 1. The van der Waals surface area contributed by atoms with Crippen LogP contribution in [-0.2, 0) is 4.74 Å². The van der Waals surface area contributed by atoms with E-state index in [2.05, 4.69) is 18.7 Å². The van der Waals surface area contributed by atoms with E-state index in [0.717, 1.165) is 30.8 Å². The Labute approximate surface area is 124 Å². The number of ether oxygens (including phenoxy) is 1. The summed E-state index contributed by atoms with van der Waals surface area (Å²) in [4.78, 5) is 2.71. The Bertz CT molecular complexity index is 481. The quantitative estimate of drug-likeness (QED) is 0.871. The van der Waals surface area contributed by atoms with Crippen LogP contribution in [0.1, 0.15) is 25.8 Å². The Morgan fingerprint density at radius 3 is 2.95 bits per heavy atom. The minimum Gasteiger partial charge on any atom is -0.389 e. The molecule has 0 saturated carbocycles. The first-order chi connectivity index (χ1) is 9.02. The predicted molar refractivity (Wildman–Crippen MR) is 84.2 cm³/mol. The van der Waals surface area contributed by atoms with E-state index in [1.807, 2.05) is 18.2 Å². The molecule has 0 amide bonds. The SMILES string of the molecule is CCC1COC(C)CN1c1ccc(Cl)cc1C(N)=S. The third-order valence-corrected chi connectivity index (χ3v) is 3.93. The molecule has 2 N–H and O–H groups in total. The number of rotatable bonds is 3. The third-order valence-electron chi connectivity index (χ3n) is 3.47. The molecule has 2 rings (SSSR count). The van der Waals surface area contributed by atoms with Gasteiger partial charge in [0.05, 0.1) is 18.8 Å². The molecule has 5 heteroatoms. The Balaban J connectivity index is 2.40. The van der Waals surface area contributed by atoms with E-state index in [1.165, 1.54) is 0 Å². The normalized spacial score (nSPS) is 23.4. The van der Waals surface area contributed by atoms with Crippen LogP contribution < -0.4 is 10.6 Å². The summed E-state index contributed by atoms with van der Waals surface area (Å²) < 4.78 is 5.73. The molecule has 0 spiro atoms. The van der Waals surface area contributed by atoms with Crippen molar-refractivity contribution in [3.63, 3.8) is 0 Å². The summed E-state index contributed by atoms with van der Waals surface area (Å²) in [5.74, 6) is 0. The molecule has 3 nitrogen and oxygen atoms in total. The first-order valence-corrected chi connectivity index (χ1v) is 7.29. The highest BCUT2D eigenvalue weighted by molar-refractivity contribution is 7.80. The van der Waals surface area contributed by atoms with Crippen molar-refractivity contribution in [1.29, 1.82) is 0 Å². The molecule has 2 atom stereocenters. The van der Waals surface area contributed by atoms with Gasteiger partial charge in [-0.05, 0) is 31.5 Å². The molecule has 0 aliphatic carbocycles. The molecule has 1 aliphatic heterocycles. The summed E-state index contributed by atoms with van der Waals surface area (Å²) in [7, 11) is 0. The number of nitrogens with zero attached hydrogens (tertiary/aromatic N) is 1. The summed E-state index contributed by atoms with van der Waals surface area (Å²) in [6, 6.07) is 6.07. The lowest BCUT2D eigenvalue weighted by Crippen LogP contribution is -2.49. The third kappa shape index (κ3) is 3.19. The van der Waals surface area contributed by atoms with Gasteiger partial charge in [-0.3, -0.25) is 0 Å². The summed E-state index contributed by atoms with van der Waals surface area (Å²) in [6.07, 6.45) is 1.23. The predicted octanol–water partition coefficient (Wildman–Crippen LogP) is 2.98. The largest absolute Gasteiger partial charge is 0.389 e. The zero-order valence-corrected chi connectivity index (χ0v) is 12.8. The zero-order valence-electron chi connectivity index (χ0n) is 11.2. The standard InChI is InChI=1S/C14H19ClN2OS/c1-3-11-8-18-9(2)7-17(11)13-5-4-10(15)6-12(13)14(16)19/h4-6,9,11H,3,7-8H2,1-2H3,(H2,16,19). The molecule has 19 heavy (non-hydrogen) atoms. The van der Waals surface area contributed by atoms with Crippen LogP contribution in [0.15, 0.2) is 18.2 Å². The Kier molecular flexibility index (Phi) is 4.66. The average molecular weight is 299 g/mol. The van der Waals surface area contributed by atoms with Gasteiger partial charge in [-0.1, -0.05) is 30.7 Å². The van der Waals surface area contributed by atoms with Crippen LogP contribution in [0.2, 0.25) is 5.02 Å². The Morgan fingerprint density at radius 2 is 2.32 bits per heavy atom. The van der Waals surface area contributed by atoms with Gasteiger partial charge in [0.25, 0.3) is 0 Å². The number of halogens is 1. The maximum atomic E-state index is 6.04. The molecule has 1 saturated heterocycles. The van der Waals surface area contributed by atoms with E-state index < -0.39 is 0 Å². The van der Waals surface area contributed by atoms with Crippen molar-refractivity contribution in [2.24, 2.45) is 5.73 Å². The van der Waals surface area contributed by atoms with Crippen molar-refractivity contribution >= 4 is 34.5 Å². The summed E-state index contributed by atoms with van der Waals surface area (Å²) in [5.41, 5.74) is 7.72. The molecule has 0 aromatic heterocycles. The number of nitrogens with two attached hydrogens (primary N) is 1. The monoisotopic (exact) mass is 298 g/mol. The van der Waals surface area contributed by atoms with Crippen LogP contribution in [-0.4, -0.2) is 30.3 Å². The summed E-state index contributed by atoms with van der Waals surface area (Å²) in [5, 5.41) is 0.654. The van der Waals surface area contributed by atoms with Crippen molar-refractivity contribution in [2.75, 3.05) is 18.1 Å². The molecule has 0 radical (unpaired) electrons. The molecule has 1 aromatic carbocycles. The number of anilines is 1. The van der Waals surface area contributed by atoms with Gasteiger partial charge >= 0.3 is 0 Å². The van der Waals surface area contributed by atoms with E-state index in [9.17, 15) is 0 Å². The van der Waals surface area contributed by atoms with Crippen LogP contribution in [0, 0.1) is 0 Å². The van der Waals surface area contributed by atoms with Crippen molar-refractivity contribution in [2.45, 2.75) is 32.4 Å². The van der Waals surface area contributed by atoms with Crippen LogP contribution in [0.3, 0.4) is 0 Å². The van der Waals surface area contributed by atoms with Crippen LogP contribution in [0.25, 0.3) is 0 Å². The van der Waals surface area contributed by atoms with E-state index in [4.69, 9.17) is 34.3 Å². The maximum absolute atomic E-state index is 6.04. The highest BCUT2D eigenvalue weighted by Gasteiger charge is 2.27. The Hall–Kier alpha value is -0.840. The lowest BCUT2D eigenvalue weighted by molar-refractivity contribution is 0.0299. The van der Waals surface area contributed by atoms with E-state index in [1.54, 1.807) is 0 Å². The fourth-order valence-corrected chi connectivity index (χ4v) is 2.77. The van der Waals surface area contributed by atoms with Gasteiger partial charge in [0.2, 0.25) is 0 Å². The number of hydrogen-bond acceptors (Lipinski definition) is 3. The van der Waals surface area contributed by atoms with Crippen LogP contribution in [0.4, 0.5) is 5.69 Å². The van der Waals surface area contributed by atoms with Gasteiger partial charge in [0.15, 0.2) is 0 Å². The highest BCUT2D eigenvalue weighted by atomic mass is 35.5. The molecule has 1 heterocycles. The van der Waals surface area contributed by atoms with Gasteiger partial charge in [-0.2, -0.15) is 0 Å². The smallest absolute Gasteiger partial charge is 0.106 e. The Morgan fingerprint density at radius 1 is 1.58 bits per heavy atom. The van der Waals surface area contributed by atoms with Crippen molar-refractivity contribution < 1.29 is 4.74 Å². The second kappa shape index (κ2) is 6.07. The molecule has 1 fully saturated rings. The maximum Gasteiger partial charge on any atom is 0.106 e. The van der Waals surface area contributed by atoms with Crippen LogP contribution >= 0.6 is 23.8 Å². The van der Waals surface area contributed by atoms with Crippen molar-refractivity contribution in [1.82, 2.24) is 0 Å². The zero-order chi connectivity index (χ0) is 14.0. The highest BCUT2D eigenvalue weighted by Crippen LogP contribution is 2.29. The van der Waals surface area contributed by atoms with E-state index >= 15 is 0 Å². The van der Waals surface area contributed by atoms with E-state index in [0.29, 0.717) is 16.1 Å². The first-order valence-electron chi connectivity index (χ1n) is 6.50. The fraction of sp³-hybridized carbons (Fsp3) is 0.500. The minimum atomic E-state index is 0.206. The van der Waals surface area contributed by atoms with Gasteiger partial charge < -0.3 is 15.4 Å². The summed E-state index contributed by atoms with van der Waals surface area (Å²) in [6.45, 7) is 5.81. The average Bonchev–Trinajstić information content (AvgIpc) is 2.38. The van der Waals surface area contributed by atoms with Gasteiger partial charge in [-0.25, -0.2) is 0 Å². The van der Waals surface area contributed by atoms with Crippen molar-refractivity contribution in [3.8, 4) is 0 Å². The van der Waals surface area contributed by atoms with Crippen LogP contribution in [0.5, 0.6) is 0 Å². The van der Waals surface area contributed by atoms with Gasteiger partial charge in [-0.15, -0.1) is 0 Å². The van der Waals surface area contributed by atoms with E-state index in [-0.39, 0.29) is 6.10 Å². The van der Waals surface area contributed by atoms with Crippen molar-refractivity contribution in [3.05, 3.63) is 28.8 Å². The number of thiocarbonyl (C=S) groups is 1. The molecule has 1 aromatic rings. The number of benzene rings is 1. The lowest BCUT2D eigenvalue weighted by atomic mass is 10.1. The number of morpholine rings is 1. The second-order valence-corrected chi connectivity index (χ2v) is 5.76. The lowest BCUT2D eigenvalue weighted by Gasteiger charge is -2.40. The molecule has 1 aliphatic rings. The van der Waals surface area contributed by atoms with Gasteiger partial charge in [0, 0.05) is 22.8 Å². The second-order valence-electron chi connectivity index (χ2n) is 4.88. The summed E-state index contributed by atoms with van der Waals surface area (Å²) >= 11 is 11.2. The minimum absolute atomic E-state index is 0.206. The molecular formula is C14H19ClN2OS. The fourth-order valence-electron chi connectivity index (χ4n) is 2.43. The molecule has 2 unspecified atom stereocenters. The molecule has 0 bridgehead atoms. The topological polar surface area (TPSA) is 38.5 Å². The van der Waals surface area contributed by atoms with Gasteiger partial charge in [0.1, 0.15) is 4.99 Å². The molecule has 104 valence electrons. The molecular weight excluding hydrogens is 280 g/mol. The first kappa shape index (κ1) is 14.6.